The molecule has 0 aromatic rings. The first-order valence-corrected chi connectivity index (χ1v) is 7.14. The van der Waals surface area contributed by atoms with Crippen molar-refractivity contribution >= 4 is 11.8 Å². The monoisotopic (exact) mass is 252 g/mol. The first-order valence-electron chi connectivity index (χ1n) is 7.14. The van der Waals surface area contributed by atoms with Gasteiger partial charge in [-0.05, 0) is 31.6 Å². The zero-order chi connectivity index (χ0) is 13.1. The van der Waals surface area contributed by atoms with Crippen LogP contribution >= 0.6 is 0 Å². The Morgan fingerprint density at radius 3 is 2.22 bits per heavy atom. The van der Waals surface area contributed by atoms with Crippen LogP contribution < -0.4 is 5.32 Å². The van der Waals surface area contributed by atoms with Gasteiger partial charge in [0.05, 0.1) is 0 Å². The molecule has 1 saturated carbocycles. The quantitative estimate of drug-likeness (QED) is 0.822. The molecule has 0 aromatic carbocycles. The molecule has 18 heavy (non-hydrogen) atoms. The lowest BCUT2D eigenvalue weighted by Gasteiger charge is -2.31. The average Bonchev–Trinajstić information content (AvgIpc) is 3.19. The Kier molecular flexibility index (Phi) is 4.25. The Labute approximate surface area is 109 Å². The van der Waals surface area contributed by atoms with Gasteiger partial charge in [0.15, 0.2) is 0 Å². The standard InChI is InChI=1S/C14H24N2O2/c1-10(2)9-15-13(17)11-5-7-16(8-6-11)14(18)12-3-4-12/h10-12H,3-9H2,1-2H3,(H,15,17). The highest BCUT2D eigenvalue weighted by Crippen LogP contribution is 2.32. The second-order valence-corrected chi connectivity index (χ2v) is 6.01. The van der Waals surface area contributed by atoms with Crippen molar-refractivity contribution < 1.29 is 9.59 Å². The van der Waals surface area contributed by atoms with Crippen molar-refractivity contribution in [3.63, 3.8) is 0 Å². The number of carbonyl (C=O) groups is 2. The Balaban J connectivity index is 1.72. The molecule has 1 saturated heterocycles. The van der Waals surface area contributed by atoms with Crippen LogP contribution in [0.25, 0.3) is 0 Å². The lowest BCUT2D eigenvalue weighted by atomic mass is 9.95. The van der Waals surface area contributed by atoms with E-state index in [1.54, 1.807) is 0 Å². The number of hydrogen-bond acceptors (Lipinski definition) is 2. The Hall–Kier alpha value is -1.06. The lowest BCUT2D eigenvalue weighted by molar-refractivity contribution is -0.136. The maximum Gasteiger partial charge on any atom is 0.225 e. The third-order valence-corrected chi connectivity index (χ3v) is 3.79. The van der Waals surface area contributed by atoms with Gasteiger partial charge in [0.1, 0.15) is 0 Å². The van der Waals surface area contributed by atoms with E-state index in [1.807, 2.05) is 4.90 Å². The SMILES string of the molecule is CC(C)CNC(=O)C1CCN(C(=O)C2CC2)CC1. The third-order valence-electron chi connectivity index (χ3n) is 3.79. The number of carbonyl (C=O) groups excluding carboxylic acids is 2. The minimum atomic E-state index is 0.104. The molecule has 2 rings (SSSR count). The highest BCUT2D eigenvalue weighted by Gasteiger charge is 2.35. The average molecular weight is 252 g/mol. The van der Waals surface area contributed by atoms with Crippen molar-refractivity contribution in [1.29, 1.82) is 0 Å². The summed E-state index contributed by atoms with van der Waals surface area (Å²) in [5, 5.41) is 2.99. The van der Waals surface area contributed by atoms with Crippen LogP contribution in [0.4, 0.5) is 0 Å². The van der Waals surface area contributed by atoms with E-state index in [0.29, 0.717) is 17.7 Å². The highest BCUT2D eigenvalue weighted by molar-refractivity contribution is 5.82. The maximum atomic E-state index is 11.9. The van der Waals surface area contributed by atoms with E-state index >= 15 is 0 Å². The number of hydrogen-bond donors (Lipinski definition) is 1. The molecule has 1 aliphatic carbocycles. The Morgan fingerprint density at radius 1 is 1.11 bits per heavy atom. The van der Waals surface area contributed by atoms with Gasteiger partial charge in [0.2, 0.25) is 11.8 Å². The number of amides is 2. The summed E-state index contributed by atoms with van der Waals surface area (Å²) in [6.45, 7) is 6.46. The summed E-state index contributed by atoms with van der Waals surface area (Å²) in [4.78, 5) is 25.7. The molecule has 0 bridgehead atoms. The first-order chi connectivity index (χ1) is 8.58. The molecule has 0 unspecified atom stereocenters. The van der Waals surface area contributed by atoms with Crippen molar-refractivity contribution in [1.82, 2.24) is 10.2 Å². The smallest absolute Gasteiger partial charge is 0.225 e. The van der Waals surface area contributed by atoms with E-state index in [-0.39, 0.29) is 11.8 Å². The normalized spacial score (nSPS) is 21.2. The highest BCUT2D eigenvalue weighted by atomic mass is 16.2. The molecule has 4 heteroatoms. The van der Waals surface area contributed by atoms with Crippen LogP contribution in [0.3, 0.4) is 0 Å². The van der Waals surface area contributed by atoms with E-state index in [0.717, 1.165) is 45.3 Å². The summed E-state index contributed by atoms with van der Waals surface area (Å²) >= 11 is 0. The van der Waals surface area contributed by atoms with Gasteiger partial charge in [0.25, 0.3) is 0 Å². The number of rotatable bonds is 4. The molecule has 1 N–H and O–H groups in total. The molecule has 0 spiro atoms. The molecule has 2 amide bonds. The zero-order valence-corrected chi connectivity index (χ0v) is 11.4. The van der Waals surface area contributed by atoms with E-state index in [1.165, 1.54) is 0 Å². The summed E-state index contributed by atoms with van der Waals surface area (Å²) < 4.78 is 0. The second-order valence-electron chi connectivity index (χ2n) is 6.01. The minimum absolute atomic E-state index is 0.104. The van der Waals surface area contributed by atoms with Crippen molar-refractivity contribution in [3.05, 3.63) is 0 Å². The van der Waals surface area contributed by atoms with Crippen LogP contribution in [0, 0.1) is 17.8 Å². The van der Waals surface area contributed by atoms with Gasteiger partial charge in [-0.1, -0.05) is 13.8 Å². The zero-order valence-electron chi connectivity index (χ0n) is 11.4. The van der Waals surface area contributed by atoms with Crippen molar-refractivity contribution in [2.45, 2.75) is 39.5 Å². The van der Waals surface area contributed by atoms with Crippen LogP contribution in [0.1, 0.15) is 39.5 Å². The van der Waals surface area contributed by atoms with E-state index in [2.05, 4.69) is 19.2 Å². The van der Waals surface area contributed by atoms with Crippen LogP contribution in [0.15, 0.2) is 0 Å². The summed E-state index contributed by atoms with van der Waals surface area (Å²) in [6.07, 6.45) is 3.77. The summed E-state index contributed by atoms with van der Waals surface area (Å²) in [6, 6.07) is 0. The largest absolute Gasteiger partial charge is 0.356 e. The summed E-state index contributed by atoms with van der Waals surface area (Å²) in [5.41, 5.74) is 0. The fourth-order valence-electron chi connectivity index (χ4n) is 2.40. The first kappa shape index (κ1) is 13.4. The van der Waals surface area contributed by atoms with Crippen molar-refractivity contribution in [3.8, 4) is 0 Å². The number of nitrogens with zero attached hydrogens (tertiary/aromatic N) is 1. The molecule has 2 aliphatic rings. The Morgan fingerprint density at radius 2 is 1.72 bits per heavy atom. The second kappa shape index (κ2) is 5.72. The van der Waals surface area contributed by atoms with Crippen LogP contribution in [0.2, 0.25) is 0 Å². The van der Waals surface area contributed by atoms with Gasteiger partial charge in [-0.15, -0.1) is 0 Å². The maximum absolute atomic E-state index is 11.9. The van der Waals surface area contributed by atoms with Gasteiger partial charge in [0, 0.05) is 31.5 Å². The fourth-order valence-corrected chi connectivity index (χ4v) is 2.40. The van der Waals surface area contributed by atoms with Gasteiger partial charge in [-0.2, -0.15) is 0 Å². The molecule has 4 nitrogen and oxygen atoms in total. The van der Waals surface area contributed by atoms with Gasteiger partial charge >= 0.3 is 0 Å². The predicted molar refractivity (Wildman–Crippen MR) is 69.9 cm³/mol. The van der Waals surface area contributed by atoms with E-state index in [9.17, 15) is 9.59 Å². The number of nitrogens with one attached hydrogen (secondary N) is 1. The molecule has 2 fully saturated rings. The summed E-state index contributed by atoms with van der Waals surface area (Å²) in [5.74, 6) is 1.38. The topological polar surface area (TPSA) is 49.4 Å². The number of likely N-dealkylation sites (tertiary alicyclic amines) is 1. The molecule has 0 atom stereocenters. The van der Waals surface area contributed by atoms with E-state index < -0.39 is 0 Å². The molecule has 1 aliphatic heterocycles. The van der Waals surface area contributed by atoms with Crippen molar-refractivity contribution in [2.24, 2.45) is 17.8 Å². The molecule has 1 heterocycles. The Bertz CT molecular complexity index is 316. The molecular weight excluding hydrogens is 228 g/mol. The van der Waals surface area contributed by atoms with Gasteiger partial charge in [-0.25, -0.2) is 0 Å². The van der Waals surface area contributed by atoms with Gasteiger partial charge < -0.3 is 10.2 Å². The van der Waals surface area contributed by atoms with Crippen molar-refractivity contribution in [2.75, 3.05) is 19.6 Å². The van der Waals surface area contributed by atoms with Crippen LogP contribution in [0.5, 0.6) is 0 Å². The molecule has 0 aromatic heterocycles. The predicted octanol–water partition coefficient (Wildman–Crippen LogP) is 1.41. The summed E-state index contributed by atoms with van der Waals surface area (Å²) in [7, 11) is 0. The molecule has 0 radical (unpaired) electrons. The number of piperidine rings is 1. The van der Waals surface area contributed by atoms with Crippen LogP contribution in [-0.4, -0.2) is 36.3 Å². The van der Waals surface area contributed by atoms with E-state index in [4.69, 9.17) is 0 Å². The lowest BCUT2D eigenvalue weighted by Crippen LogP contribution is -2.44. The van der Waals surface area contributed by atoms with Gasteiger partial charge in [-0.3, -0.25) is 9.59 Å². The third kappa shape index (κ3) is 3.47. The van der Waals surface area contributed by atoms with Crippen LogP contribution in [-0.2, 0) is 9.59 Å². The molecule has 102 valence electrons. The molecular formula is C14H24N2O2. The fraction of sp³-hybridized carbons (Fsp3) is 0.857. The minimum Gasteiger partial charge on any atom is -0.356 e.